The Bertz CT molecular complexity index is 687. The van der Waals surface area contributed by atoms with Crippen LogP contribution in [0.2, 0.25) is 0 Å². The molecule has 2 aromatic carbocycles. The van der Waals surface area contributed by atoms with Crippen molar-refractivity contribution >= 4 is 15.9 Å². The average molecular weight is 353 g/mol. The summed E-state index contributed by atoms with van der Waals surface area (Å²) in [5.74, 6) is -0.106. The van der Waals surface area contributed by atoms with E-state index in [1.54, 1.807) is 6.07 Å². The van der Waals surface area contributed by atoms with E-state index >= 15 is 0 Å². The lowest BCUT2D eigenvalue weighted by atomic mass is 9.97. The minimum atomic E-state index is -0.886. The van der Waals surface area contributed by atoms with Gasteiger partial charge < -0.3 is 14.6 Å². The molecule has 1 aliphatic heterocycles. The Morgan fingerprint density at radius 1 is 1.24 bits per heavy atom. The minimum absolute atomic E-state index is 0.293. The summed E-state index contributed by atoms with van der Waals surface area (Å²) in [7, 11) is 1.45. The van der Waals surface area contributed by atoms with Gasteiger partial charge in [0.05, 0.1) is 24.8 Å². The number of ether oxygens (including phenoxy) is 2. The maximum absolute atomic E-state index is 13.6. The zero-order valence-electron chi connectivity index (χ0n) is 11.4. The van der Waals surface area contributed by atoms with E-state index < -0.39 is 11.9 Å². The number of aliphatic hydroxyl groups is 1. The summed E-state index contributed by atoms with van der Waals surface area (Å²) in [5.41, 5.74) is 3.46. The topological polar surface area (TPSA) is 38.7 Å². The van der Waals surface area contributed by atoms with Crippen molar-refractivity contribution in [3.63, 3.8) is 0 Å². The molecule has 0 fully saturated rings. The molecule has 1 N–H and O–H groups in total. The molecule has 0 aromatic heterocycles. The number of halogens is 2. The molecule has 1 heterocycles. The molecule has 2 aromatic rings. The molecule has 0 radical (unpaired) electrons. The first-order valence-electron chi connectivity index (χ1n) is 6.50. The van der Waals surface area contributed by atoms with Gasteiger partial charge in [0.1, 0.15) is 17.7 Å². The van der Waals surface area contributed by atoms with Crippen LogP contribution in [0.25, 0.3) is 0 Å². The standard InChI is InChI=1S/C16H14BrFO3/c1-20-15-6-14(18)13(17)5-12(15)16(19)9-2-3-10-7-21-8-11(10)4-9/h2-6,16,19H,7-8H2,1H3. The molecule has 3 nitrogen and oxygen atoms in total. The lowest BCUT2D eigenvalue weighted by Gasteiger charge is -2.16. The zero-order chi connectivity index (χ0) is 15.0. The summed E-state index contributed by atoms with van der Waals surface area (Å²) in [5, 5.41) is 10.6. The first-order chi connectivity index (χ1) is 10.1. The fourth-order valence-corrected chi connectivity index (χ4v) is 2.84. The Labute approximate surface area is 130 Å². The lowest BCUT2D eigenvalue weighted by molar-refractivity contribution is 0.134. The molecule has 5 heteroatoms. The lowest BCUT2D eigenvalue weighted by Crippen LogP contribution is -2.04. The van der Waals surface area contributed by atoms with Crippen molar-refractivity contribution in [3.05, 3.63) is 62.9 Å². The molecule has 0 spiro atoms. The van der Waals surface area contributed by atoms with Crippen molar-refractivity contribution in [1.29, 1.82) is 0 Å². The van der Waals surface area contributed by atoms with Crippen LogP contribution in [0, 0.1) is 5.82 Å². The van der Waals surface area contributed by atoms with Crippen molar-refractivity contribution < 1.29 is 19.0 Å². The molecule has 1 aliphatic rings. The fraction of sp³-hybridized carbons (Fsp3) is 0.250. The molecular formula is C16H14BrFO3. The van der Waals surface area contributed by atoms with Gasteiger partial charge in [-0.2, -0.15) is 0 Å². The molecule has 1 atom stereocenters. The number of rotatable bonds is 3. The third kappa shape index (κ3) is 2.69. The number of benzene rings is 2. The Hall–Kier alpha value is -1.43. The van der Waals surface area contributed by atoms with Gasteiger partial charge in [-0.25, -0.2) is 4.39 Å². The number of hydrogen-bond donors (Lipinski definition) is 1. The Kier molecular flexibility index (Phi) is 3.97. The van der Waals surface area contributed by atoms with Gasteiger partial charge in [-0.3, -0.25) is 0 Å². The van der Waals surface area contributed by atoms with Crippen LogP contribution in [0.5, 0.6) is 5.75 Å². The normalized spacial score (nSPS) is 14.9. The monoisotopic (exact) mass is 352 g/mol. The second kappa shape index (κ2) is 5.75. The van der Waals surface area contributed by atoms with Crippen LogP contribution in [0.15, 0.2) is 34.8 Å². The van der Waals surface area contributed by atoms with Crippen LogP contribution in [0.3, 0.4) is 0 Å². The Morgan fingerprint density at radius 2 is 2.00 bits per heavy atom. The van der Waals surface area contributed by atoms with Crippen LogP contribution in [-0.4, -0.2) is 12.2 Å². The van der Waals surface area contributed by atoms with Crippen LogP contribution >= 0.6 is 15.9 Å². The van der Waals surface area contributed by atoms with E-state index in [9.17, 15) is 9.50 Å². The van der Waals surface area contributed by atoms with E-state index in [1.165, 1.54) is 13.2 Å². The van der Waals surface area contributed by atoms with E-state index in [4.69, 9.17) is 9.47 Å². The molecular weight excluding hydrogens is 339 g/mol. The van der Waals surface area contributed by atoms with Crippen molar-refractivity contribution in [3.8, 4) is 5.75 Å². The molecule has 0 aliphatic carbocycles. The second-order valence-electron chi connectivity index (χ2n) is 4.93. The fourth-order valence-electron chi connectivity index (χ4n) is 2.48. The number of aliphatic hydroxyl groups excluding tert-OH is 1. The molecule has 3 rings (SSSR count). The van der Waals surface area contributed by atoms with E-state index in [-0.39, 0.29) is 0 Å². The van der Waals surface area contributed by atoms with Gasteiger partial charge in [0.15, 0.2) is 0 Å². The summed E-state index contributed by atoms with van der Waals surface area (Å²) in [4.78, 5) is 0. The van der Waals surface area contributed by atoms with Crippen molar-refractivity contribution in [2.75, 3.05) is 7.11 Å². The summed E-state index contributed by atoms with van der Waals surface area (Å²) < 4.78 is 24.4. The first-order valence-corrected chi connectivity index (χ1v) is 7.30. The van der Waals surface area contributed by atoms with E-state index in [0.29, 0.717) is 29.0 Å². The SMILES string of the molecule is COc1cc(F)c(Br)cc1C(O)c1ccc2c(c1)COC2. The highest BCUT2D eigenvalue weighted by Gasteiger charge is 2.20. The predicted octanol–water partition coefficient (Wildman–Crippen LogP) is 3.71. The molecule has 0 saturated heterocycles. The summed E-state index contributed by atoms with van der Waals surface area (Å²) in [6.45, 7) is 1.16. The first kappa shape index (κ1) is 14.5. The van der Waals surface area contributed by atoms with Gasteiger partial charge in [0.25, 0.3) is 0 Å². The minimum Gasteiger partial charge on any atom is -0.496 e. The van der Waals surface area contributed by atoms with Gasteiger partial charge in [-0.15, -0.1) is 0 Å². The van der Waals surface area contributed by atoms with Crippen molar-refractivity contribution in [2.45, 2.75) is 19.3 Å². The predicted molar refractivity (Wildman–Crippen MR) is 79.6 cm³/mol. The molecule has 1 unspecified atom stereocenters. The Morgan fingerprint density at radius 3 is 2.76 bits per heavy atom. The highest BCUT2D eigenvalue weighted by molar-refractivity contribution is 9.10. The maximum atomic E-state index is 13.6. The highest BCUT2D eigenvalue weighted by Crippen LogP contribution is 2.35. The molecule has 0 saturated carbocycles. The largest absolute Gasteiger partial charge is 0.496 e. The van der Waals surface area contributed by atoms with Gasteiger partial charge >= 0.3 is 0 Å². The smallest absolute Gasteiger partial charge is 0.141 e. The summed E-state index contributed by atoms with van der Waals surface area (Å²) in [6, 6.07) is 8.53. The van der Waals surface area contributed by atoms with E-state index in [0.717, 1.165) is 16.7 Å². The van der Waals surface area contributed by atoms with E-state index in [1.807, 2.05) is 18.2 Å². The highest BCUT2D eigenvalue weighted by atomic mass is 79.9. The summed E-state index contributed by atoms with van der Waals surface area (Å²) in [6.07, 6.45) is -0.886. The van der Waals surface area contributed by atoms with Crippen LogP contribution in [-0.2, 0) is 18.0 Å². The average Bonchev–Trinajstić information content (AvgIpc) is 2.96. The van der Waals surface area contributed by atoms with Crippen molar-refractivity contribution in [2.24, 2.45) is 0 Å². The van der Waals surface area contributed by atoms with Gasteiger partial charge in [-0.05, 0) is 38.7 Å². The van der Waals surface area contributed by atoms with E-state index in [2.05, 4.69) is 15.9 Å². The quantitative estimate of drug-likeness (QED) is 0.914. The van der Waals surface area contributed by atoms with Crippen LogP contribution in [0.4, 0.5) is 4.39 Å². The van der Waals surface area contributed by atoms with Gasteiger partial charge in [0.2, 0.25) is 0 Å². The Balaban J connectivity index is 2.02. The number of methoxy groups -OCH3 is 1. The summed E-state index contributed by atoms with van der Waals surface area (Å²) >= 11 is 3.14. The number of hydrogen-bond acceptors (Lipinski definition) is 3. The maximum Gasteiger partial charge on any atom is 0.141 e. The van der Waals surface area contributed by atoms with Gasteiger partial charge in [-0.1, -0.05) is 18.2 Å². The zero-order valence-corrected chi connectivity index (χ0v) is 13.0. The van der Waals surface area contributed by atoms with Crippen LogP contribution < -0.4 is 4.74 Å². The van der Waals surface area contributed by atoms with Gasteiger partial charge in [0, 0.05) is 11.6 Å². The molecule has 0 amide bonds. The van der Waals surface area contributed by atoms with Crippen LogP contribution in [0.1, 0.15) is 28.4 Å². The molecule has 110 valence electrons. The third-order valence-corrected chi connectivity index (χ3v) is 4.24. The molecule has 0 bridgehead atoms. The second-order valence-corrected chi connectivity index (χ2v) is 5.79. The number of fused-ring (bicyclic) bond motifs is 1. The molecule has 21 heavy (non-hydrogen) atoms. The van der Waals surface area contributed by atoms with Crippen molar-refractivity contribution in [1.82, 2.24) is 0 Å². The third-order valence-electron chi connectivity index (χ3n) is 3.63.